The largest absolute Gasteiger partial charge is 0.416 e. The Hall–Kier alpha value is -1.03. The van der Waals surface area contributed by atoms with Gasteiger partial charge in [0.15, 0.2) is 0 Å². The first-order chi connectivity index (χ1) is 8.39. The molecule has 0 spiro atoms. The molecule has 4 heteroatoms. The molecule has 0 aliphatic carbocycles. The predicted molar refractivity (Wildman–Crippen MR) is 65.5 cm³/mol. The number of alkyl halides is 3. The number of nitrogens with zero attached hydrogens (tertiary/aromatic N) is 1. The highest BCUT2D eigenvalue weighted by Crippen LogP contribution is 2.33. The van der Waals surface area contributed by atoms with Crippen LogP contribution in [0.15, 0.2) is 24.3 Å². The molecular formula is C14H18F3N. The molecular weight excluding hydrogens is 239 g/mol. The number of hydrogen-bond donors (Lipinski definition) is 0. The standard InChI is InChI=1S/C14H18F3N/c1-10(13-4-3-9-18(13)2)11-5-7-12(8-6-11)14(15,16)17/h5-8,10,13H,3-4,9H2,1-2H3/t10-,13?/m1/s1. The van der Waals surface area contributed by atoms with Gasteiger partial charge in [-0.05, 0) is 50.0 Å². The van der Waals surface area contributed by atoms with Gasteiger partial charge in [0.25, 0.3) is 0 Å². The van der Waals surface area contributed by atoms with Crippen molar-refractivity contribution in [1.29, 1.82) is 0 Å². The topological polar surface area (TPSA) is 3.24 Å². The molecule has 1 heterocycles. The lowest BCUT2D eigenvalue weighted by Crippen LogP contribution is -2.29. The minimum Gasteiger partial charge on any atom is -0.303 e. The van der Waals surface area contributed by atoms with Gasteiger partial charge in [0.05, 0.1) is 5.56 Å². The molecule has 1 aromatic carbocycles. The van der Waals surface area contributed by atoms with E-state index in [-0.39, 0.29) is 5.92 Å². The molecule has 100 valence electrons. The minimum atomic E-state index is -4.24. The van der Waals surface area contributed by atoms with Crippen LogP contribution in [0, 0.1) is 0 Å². The van der Waals surface area contributed by atoms with Crippen molar-refractivity contribution >= 4 is 0 Å². The Morgan fingerprint density at radius 1 is 1.22 bits per heavy atom. The van der Waals surface area contributed by atoms with Gasteiger partial charge in [0, 0.05) is 6.04 Å². The van der Waals surface area contributed by atoms with Crippen molar-refractivity contribution in [2.75, 3.05) is 13.6 Å². The smallest absolute Gasteiger partial charge is 0.303 e. The third-order valence-corrected chi connectivity index (χ3v) is 3.92. The van der Waals surface area contributed by atoms with Gasteiger partial charge < -0.3 is 4.90 Å². The molecule has 1 aliphatic rings. The van der Waals surface area contributed by atoms with Gasteiger partial charge in [-0.1, -0.05) is 19.1 Å². The average Bonchev–Trinajstić information content (AvgIpc) is 2.73. The van der Waals surface area contributed by atoms with Crippen molar-refractivity contribution in [2.24, 2.45) is 0 Å². The van der Waals surface area contributed by atoms with E-state index in [1.54, 1.807) is 12.1 Å². The summed E-state index contributed by atoms with van der Waals surface area (Å²) in [5, 5.41) is 0. The van der Waals surface area contributed by atoms with E-state index in [4.69, 9.17) is 0 Å². The zero-order valence-corrected chi connectivity index (χ0v) is 10.7. The lowest BCUT2D eigenvalue weighted by Gasteiger charge is -2.26. The highest BCUT2D eigenvalue weighted by atomic mass is 19.4. The Balaban J connectivity index is 2.14. The van der Waals surface area contributed by atoms with E-state index >= 15 is 0 Å². The number of likely N-dealkylation sites (tertiary alicyclic amines) is 1. The fourth-order valence-electron chi connectivity index (χ4n) is 2.77. The second-order valence-corrected chi connectivity index (χ2v) is 5.10. The molecule has 1 nitrogen and oxygen atoms in total. The van der Waals surface area contributed by atoms with Gasteiger partial charge in [0.1, 0.15) is 0 Å². The summed E-state index contributed by atoms with van der Waals surface area (Å²) in [5.41, 5.74) is 0.417. The Morgan fingerprint density at radius 2 is 1.83 bits per heavy atom. The van der Waals surface area contributed by atoms with Crippen molar-refractivity contribution in [1.82, 2.24) is 4.90 Å². The quantitative estimate of drug-likeness (QED) is 0.776. The molecule has 0 bridgehead atoms. The van der Waals surface area contributed by atoms with Crippen molar-refractivity contribution in [3.8, 4) is 0 Å². The van der Waals surface area contributed by atoms with Crippen LogP contribution < -0.4 is 0 Å². The van der Waals surface area contributed by atoms with Crippen molar-refractivity contribution < 1.29 is 13.2 Å². The Labute approximate surface area is 106 Å². The van der Waals surface area contributed by atoms with Crippen LogP contribution in [-0.2, 0) is 6.18 Å². The lowest BCUT2D eigenvalue weighted by atomic mass is 9.91. The average molecular weight is 257 g/mol. The van der Waals surface area contributed by atoms with E-state index in [1.165, 1.54) is 18.6 Å². The fourth-order valence-corrected chi connectivity index (χ4v) is 2.77. The monoisotopic (exact) mass is 257 g/mol. The predicted octanol–water partition coefficient (Wildman–Crippen LogP) is 3.90. The molecule has 1 fully saturated rings. The zero-order chi connectivity index (χ0) is 13.3. The summed E-state index contributed by atoms with van der Waals surface area (Å²) >= 11 is 0. The molecule has 1 saturated heterocycles. The first-order valence-electron chi connectivity index (χ1n) is 6.27. The molecule has 2 atom stereocenters. The molecule has 0 amide bonds. The van der Waals surface area contributed by atoms with Gasteiger partial charge in [0.2, 0.25) is 0 Å². The summed E-state index contributed by atoms with van der Waals surface area (Å²) in [4.78, 5) is 2.29. The third-order valence-electron chi connectivity index (χ3n) is 3.92. The van der Waals surface area contributed by atoms with Gasteiger partial charge in [-0.25, -0.2) is 0 Å². The summed E-state index contributed by atoms with van der Waals surface area (Å²) in [6.07, 6.45) is -1.95. The maximum absolute atomic E-state index is 12.5. The lowest BCUT2D eigenvalue weighted by molar-refractivity contribution is -0.137. The second-order valence-electron chi connectivity index (χ2n) is 5.10. The van der Waals surface area contributed by atoms with Gasteiger partial charge in [-0.15, -0.1) is 0 Å². The number of hydrogen-bond acceptors (Lipinski definition) is 1. The van der Waals surface area contributed by atoms with Crippen LogP contribution in [0.2, 0.25) is 0 Å². The van der Waals surface area contributed by atoms with Crippen molar-refractivity contribution in [3.05, 3.63) is 35.4 Å². The molecule has 0 saturated carbocycles. The van der Waals surface area contributed by atoms with Crippen LogP contribution in [0.1, 0.15) is 36.8 Å². The van der Waals surface area contributed by atoms with E-state index in [2.05, 4.69) is 18.9 Å². The highest BCUT2D eigenvalue weighted by molar-refractivity contribution is 5.27. The number of rotatable bonds is 2. The second kappa shape index (κ2) is 4.92. The minimum absolute atomic E-state index is 0.278. The van der Waals surface area contributed by atoms with Crippen LogP contribution in [0.3, 0.4) is 0 Å². The summed E-state index contributed by atoms with van der Waals surface area (Å²) in [6.45, 7) is 3.17. The highest BCUT2D eigenvalue weighted by Gasteiger charge is 2.31. The summed E-state index contributed by atoms with van der Waals surface area (Å²) in [7, 11) is 2.08. The Kier molecular flexibility index (Phi) is 3.66. The maximum atomic E-state index is 12.5. The zero-order valence-electron chi connectivity index (χ0n) is 10.7. The molecule has 1 aliphatic heterocycles. The normalized spacial score (nSPS) is 23.3. The van der Waals surface area contributed by atoms with E-state index in [9.17, 15) is 13.2 Å². The Morgan fingerprint density at radius 3 is 2.28 bits per heavy atom. The molecule has 0 radical (unpaired) electrons. The van der Waals surface area contributed by atoms with Crippen LogP contribution in [0.4, 0.5) is 13.2 Å². The van der Waals surface area contributed by atoms with Crippen LogP contribution in [0.5, 0.6) is 0 Å². The van der Waals surface area contributed by atoms with Crippen molar-refractivity contribution in [2.45, 2.75) is 37.9 Å². The molecule has 0 aromatic heterocycles. The number of halogens is 3. The van der Waals surface area contributed by atoms with Gasteiger partial charge in [-0.2, -0.15) is 13.2 Å². The first-order valence-corrected chi connectivity index (χ1v) is 6.27. The van der Waals surface area contributed by atoms with Crippen LogP contribution in [-0.4, -0.2) is 24.5 Å². The Bertz CT molecular complexity index is 396. The molecule has 1 unspecified atom stereocenters. The number of likely N-dealkylation sites (N-methyl/N-ethyl adjacent to an activating group) is 1. The SMILES string of the molecule is C[C@H](c1ccc(C(F)(F)F)cc1)C1CCCN1C. The fraction of sp³-hybridized carbons (Fsp3) is 0.571. The maximum Gasteiger partial charge on any atom is 0.416 e. The van der Waals surface area contributed by atoms with E-state index in [0.29, 0.717) is 6.04 Å². The van der Waals surface area contributed by atoms with Gasteiger partial charge in [-0.3, -0.25) is 0 Å². The summed E-state index contributed by atoms with van der Waals surface area (Å²) in [5.74, 6) is 0.278. The molecule has 2 rings (SSSR count). The molecule has 18 heavy (non-hydrogen) atoms. The first kappa shape index (κ1) is 13.4. The summed E-state index contributed by atoms with van der Waals surface area (Å²) < 4.78 is 37.4. The molecule has 0 N–H and O–H groups in total. The van der Waals surface area contributed by atoms with E-state index in [1.807, 2.05) is 0 Å². The summed E-state index contributed by atoms with van der Waals surface area (Å²) in [6, 6.07) is 6.03. The van der Waals surface area contributed by atoms with Crippen molar-refractivity contribution in [3.63, 3.8) is 0 Å². The van der Waals surface area contributed by atoms with Crippen LogP contribution >= 0.6 is 0 Å². The van der Waals surface area contributed by atoms with Crippen LogP contribution in [0.25, 0.3) is 0 Å². The molecule has 1 aromatic rings. The van der Waals surface area contributed by atoms with Gasteiger partial charge >= 0.3 is 6.18 Å². The third kappa shape index (κ3) is 2.69. The van der Waals surface area contributed by atoms with E-state index in [0.717, 1.165) is 18.5 Å². The number of benzene rings is 1. The van der Waals surface area contributed by atoms with E-state index < -0.39 is 11.7 Å².